The molecule has 1 amide bonds. The van der Waals surface area contributed by atoms with Crippen LogP contribution >= 0.6 is 11.3 Å². The second-order valence-electron chi connectivity index (χ2n) is 6.61. The molecular formula is C22H25N3O4S. The van der Waals surface area contributed by atoms with Crippen LogP contribution in [0.5, 0.6) is 17.2 Å². The van der Waals surface area contributed by atoms with Crippen molar-refractivity contribution in [2.24, 2.45) is 0 Å². The van der Waals surface area contributed by atoms with Crippen LogP contribution in [-0.4, -0.2) is 37.2 Å². The van der Waals surface area contributed by atoms with Crippen LogP contribution in [0.15, 0.2) is 36.7 Å². The summed E-state index contributed by atoms with van der Waals surface area (Å²) in [6.45, 7) is 1.93. The molecule has 3 aromatic rings. The molecular weight excluding hydrogens is 402 g/mol. The van der Waals surface area contributed by atoms with Gasteiger partial charge in [0.2, 0.25) is 11.7 Å². The lowest BCUT2D eigenvalue weighted by Gasteiger charge is -2.15. The summed E-state index contributed by atoms with van der Waals surface area (Å²) in [5, 5.41) is 3.50. The number of carbonyl (C=O) groups excluding carboxylic acids is 1. The minimum Gasteiger partial charge on any atom is -0.493 e. The smallest absolute Gasteiger partial charge is 0.226 e. The second kappa shape index (κ2) is 10.1. The molecule has 0 radical (unpaired) electrons. The molecule has 0 unspecified atom stereocenters. The van der Waals surface area contributed by atoms with E-state index in [0.29, 0.717) is 41.6 Å². The number of hydrogen-bond donors (Lipinski definition) is 1. The van der Waals surface area contributed by atoms with Crippen molar-refractivity contribution in [1.82, 2.24) is 9.97 Å². The van der Waals surface area contributed by atoms with Gasteiger partial charge in [0.05, 0.1) is 27.0 Å². The van der Waals surface area contributed by atoms with E-state index in [1.807, 2.05) is 31.2 Å². The molecule has 0 saturated carbocycles. The summed E-state index contributed by atoms with van der Waals surface area (Å²) in [6, 6.07) is 7.63. The lowest BCUT2D eigenvalue weighted by atomic mass is 10.1. The number of nitrogens with one attached hydrogen (secondary N) is 1. The Bertz CT molecular complexity index is 1010. The zero-order valence-corrected chi connectivity index (χ0v) is 18.3. The quantitative estimate of drug-likeness (QED) is 0.555. The third-order valence-electron chi connectivity index (χ3n) is 4.64. The van der Waals surface area contributed by atoms with Crippen molar-refractivity contribution in [1.29, 1.82) is 0 Å². The number of thiazole rings is 1. The summed E-state index contributed by atoms with van der Waals surface area (Å²) < 4.78 is 16.4. The molecule has 0 bridgehead atoms. The van der Waals surface area contributed by atoms with Crippen molar-refractivity contribution in [3.05, 3.63) is 58.4 Å². The molecule has 0 spiro atoms. The fourth-order valence-electron chi connectivity index (χ4n) is 3.11. The highest BCUT2D eigenvalue weighted by molar-refractivity contribution is 7.15. The zero-order chi connectivity index (χ0) is 21.5. The molecule has 0 saturated heterocycles. The predicted molar refractivity (Wildman–Crippen MR) is 117 cm³/mol. The molecule has 2 aromatic heterocycles. The number of hydrogen-bond acceptors (Lipinski definition) is 7. The lowest BCUT2D eigenvalue weighted by molar-refractivity contribution is -0.116. The van der Waals surface area contributed by atoms with Gasteiger partial charge < -0.3 is 19.5 Å². The molecule has 1 aromatic carbocycles. The van der Waals surface area contributed by atoms with Crippen LogP contribution in [0.4, 0.5) is 5.13 Å². The maximum Gasteiger partial charge on any atom is 0.226 e. The van der Waals surface area contributed by atoms with E-state index in [4.69, 9.17) is 14.2 Å². The molecule has 0 atom stereocenters. The minimum absolute atomic E-state index is 0.0668. The molecule has 7 nitrogen and oxygen atoms in total. The number of benzene rings is 1. The minimum atomic E-state index is -0.0668. The molecule has 0 aliphatic heterocycles. The summed E-state index contributed by atoms with van der Waals surface area (Å²) in [5.41, 5.74) is 2.86. The first-order chi connectivity index (χ1) is 14.5. The zero-order valence-electron chi connectivity index (χ0n) is 17.5. The average Bonchev–Trinajstić information content (AvgIpc) is 3.10. The Balaban J connectivity index is 1.70. The van der Waals surface area contributed by atoms with Crippen molar-refractivity contribution in [2.75, 3.05) is 26.6 Å². The number of aromatic nitrogens is 2. The van der Waals surface area contributed by atoms with Crippen LogP contribution in [0.3, 0.4) is 0 Å². The van der Waals surface area contributed by atoms with Crippen LogP contribution < -0.4 is 19.5 Å². The second-order valence-corrected chi connectivity index (χ2v) is 7.69. The van der Waals surface area contributed by atoms with Crippen LogP contribution in [0, 0.1) is 6.92 Å². The number of anilines is 1. The number of rotatable bonds is 9. The van der Waals surface area contributed by atoms with Gasteiger partial charge in [-0.05, 0) is 31.0 Å². The van der Waals surface area contributed by atoms with Gasteiger partial charge in [0.1, 0.15) is 0 Å². The summed E-state index contributed by atoms with van der Waals surface area (Å²) in [7, 11) is 4.78. The van der Waals surface area contributed by atoms with Crippen molar-refractivity contribution < 1.29 is 19.0 Å². The molecule has 3 rings (SSSR count). The van der Waals surface area contributed by atoms with Gasteiger partial charge in [-0.1, -0.05) is 12.1 Å². The number of pyridine rings is 1. The van der Waals surface area contributed by atoms with E-state index in [0.717, 1.165) is 21.7 Å². The van der Waals surface area contributed by atoms with Crippen LogP contribution in [0.2, 0.25) is 0 Å². The first-order valence-corrected chi connectivity index (χ1v) is 10.3. The van der Waals surface area contributed by atoms with Crippen molar-refractivity contribution in [3.63, 3.8) is 0 Å². The van der Waals surface area contributed by atoms with Crippen LogP contribution in [0.25, 0.3) is 0 Å². The Morgan fingerprint density at radius 1 is 1.10 bits per heavy atom. The van der Waals surface area contributed by atoms with E-state index in [1.54, 1.807) is 33.7 Å². The van der Waals surface area contributed by atoms with Gasteiger partial charge in [-0.2, -0.15) is 0 Å². The third-order valence-corrected chi connectivity index (χ3v) is 5.71. The van der Waals surface area contributed by atoms with Gasteiger partial charge in [-0.15, -0.1) is 11.3 Å². The van der Waals surface area contributed by atoms with Crippen molar-refractivity contribution >= 4 is 22.4 Å². The van der Waals surface area contributed by atoms with Gasteiger partial charge in [-0.3, -0.25) is 9.78 Å². The van der Waals surface area contributed by atoms with E-state index in [2.05, 4.69) is 15.3 Å². The fraction of sp³-hybridized carbons (Fsp3) is 0.318. The largest absolute Gasteiger partial charge is 0.493 e. The standard InChI is InChI=1S/C22H25N3O4S/c1-14-18(12-16-8-9-17(27-2)21(29-4)20(16)28-3)30-22(24-14)25-19(26)10-7-15-6-5-11-23-13-15/h5-6,8-9,11,13H,7,10,12H2,1-4H3,(H,24,25,26). The molecule has 0 aliphatic rings. The number of ether oxygens (including phenoxy) is 3. The summed E-state index contributed by atoms with van der Waals surface area (Å²) >= 11 is 1.46. The topological polar surface area (TPSA) is 82.6 Å². The summed E-state index contributed by atoms with van der Waals surface area (Å²) in [5.74, 6) is 1.74. The molecule has 2 heterocycles. The SMILES string of the molecule is COc1ccc(Cc2sc(NC(=O)CCc3cccnc3)nc2C)c(OC)c1OC. The van der Waals surface area contributed by atoms with E-state index >= 15 is 0 Å². The third kappa shape index (κ3) is 5.07. The Kier molecular flexibility index (Phi) is 7.24. The Hall–Kier alpha value is -3.13. The monoisotopic (exact) mass is 427 g/mol. The summed E-state index contributed by atoms with van der Waals surface area (Å²) in [4.78, 5) is 21.9. The molecule has 0 fully saturated rings. The Labute approximate surface area is 180 Å². The molecule has 8 heteroatoms. The Morgan fingerprint density at radius 3 is 2.57 bits per heavy atom. The predicted octanol–water partition coefficient (Wildman–Crippen LogP) is 4.03. The number of aryl methyl sites for hydroxylation is 2. The molecule has 1 N–H and O–H groups in total. The number of nitrogens with zero attached hydrogens (tertiary/aromatic N) is 2. The van der Waals surface area contributed by atoms with Gasteiger partial charge in [-0.25, -0.2) is 4.98 Å². The first-order valence-electron chi connectivity index (χ1n) is 9.48. The first kappa shape index (κ1) is 21.6. The number of carbonyl (C=O) groups is 1. The average molecular weight is 428 g/mol. The molecule has 158 valence electrons. The van der Waals surface area contributed by atoms with Gasteiger partial charge in [0.15, 0.2) is 16.6 Å². The molecule has 0 aliphatic carbocycles. The maximum absolute atomic E-state index is 12.3. The van der Waals surface area contributed by atoms with Crippen molar-refractivity contribution in [3.8, 4) is 17.2 Å². The van der Waals surface area contributed by atoms with Gasteiger partial charge in [0.25, 0.3) is 0 Å². The van der Waals surface area contributed by atoms with Gasteiger partial charge >= 0.3 is 0 Å². The maximum atomic E-state index is 12.3. The van der Waals surface area contributed by atoms with E-state index in [-0.39, 0.29) is 5.91 Å². The lowest BCUT2D eigenvalue weighted by Crippen LogP contribution is -2.12. The summed E-state index contributed by atoms with van der Waals surface area (Å²) in [6.07, 6.45) is 5.12. The number of amides is 1. The van der Waals surface area contributed by atoms with E-state index < -0.39 is 0 Å². The van der Waals surface area contributed by atoms with E-state index in [9.17, 15) is 4.79 Å². The van der Waals surface area contributed by atoms with Crippen molar-refractivity contribution in [2.45, 2.75) is 26.2 Å². The highest BCUT2D eigenvalue weighted by Crippen LogP contribution is 2.41. The normalized spacial score (nSPS) is 10.5. The highest BCUT2D eigenvalue weighted by Gasteiger charge is 2.18. The molecule has 30 heavy (non-hydrogen) atoms. The fourth-order valence-corrected chi connectivity index (χ4v) is 4.11. The highest BCUT2D eigenvalue weighted by atomic mass is 32.1. The van der Waals surface area contributed by atoms with Crippen LogP contribution in [-0.2, 0) is 17.6 Å². The van der Waals surface area contributed by atoms with Gasteiger partial charge in [0, 0.05) is 35.7 Å². The Morgan fingerprint density at radius 2 is 1.90 bits per heavy atom. The van der Waals surface area contributed by atoms with E-state index in [1.165, 1.54) is 11.3 Å². The number of methoxy groups -OCH3 is 3. The van der Waals surface area contributed by atoms with Crippen LogP contribution in [0.1, 0.15) is 28.1 Å².